The van der Waals surface area contributed by atoms with Crippen LogP contribution in [0.15, 0.2) is 72.8 Å². The Morgan fingerprint density at radius 3 is 1.17 bits per heavy atom. The van der Waals surface area contributed by atoms with Gasteiger partial charge in [0.2, 0.25) is 0 Å². The van der Waals surface area contributed by atoms with Crippen LogP contribution in [0.1, 0.15) is 0 Å². The van der Waals surface area contributed by atoms with Crippen molar-refractivity contribution in [3.63, 3.8) is 0 Å². The summed E-state index contributed by atoms with van der Waals surface area (Å²) in [7, 11) is -1.16. The Labute approximate surface area is 189 Å². The molecule has 4 aromatic rings. The van der Waals surface area contributed by atoms with E-state index in [9.17, 15) is 0 Å². The van der Waals surface area contributed by atoms with Crippen molar-refractivity contribution in [3.8, 4) is 11.1 Å². The van der Waals surface area contributed by atoms with Gasteiger partial charge in [0.25, 0.3) is 0 Å². The normalized spacial score (nSPS) is 10.6. The third-order valence-corrected chi connectivity index (χ3v) is 8.17. The first-order valence-electron chi connectivity index (χ1n) is 9.23. The largest absolute Gasteiger partial charge is 0.412 e. The summed E-state index contributed by atoms with van der Waals surface area (Å²) in [6.07, 6.45) is 0. The predicted octanol–water partition coefficient (Wildman–Crippen LogP) is 4.21. The Morgan fingerprint density at radius 1 is 0.483 bits per heavy atom. The molecule has 0 heterocycles. The van der Waals surface area contributed by atoms with Gasteiger partial charge < -0.3 is 11.0 Å². The Morgan fingerprint density at radius 2 is 0.828 bits per heavy atom. The van der Waals surface area contributed by atoms with Gasteiger partial charge in [-0.15, -0.1) is 0 Å². The molecule has 0 aliphatic rings. The van der Waals surface area contributed by atoms with E-state index < -0.39 is 15.8 Å². The molecule has 4 aromatic carbocycles. The minimum Gasteiger partial charge on any atom is -0.412 e. The molecule has 0 fully saturated rings. The monoisotopic (exact) mass is 518 g/mol. The van der Waals surface area contributed by atoms with Crippen LogP contribution in [0.5, 0.6) is 0 Å². The average molecular weight is 519 g/mol. The van der Waals surface area contributed by atoms with Crippen molar-refractivity contribution in [3.05, 3.63) is 72.8 Å². The molecule has 0 unspecified atom stereocenters. The summed E-state index contributed by atoms with van der Waals surface area (Å²) >= 11 is 0. The second-order valence-electron chi connectivity index (χ2n) is 7.42. The van der Waals surface area contributed by atoms with E-state index in [1.54, 1.807) is 10.6 Å². The van der Waals surface area contributed by atoms with Crippen molar-refractivity contribution in [2.75, 3.05) is 26.7 Å². The zero-order valence-corrected chi connectivity index (χ0v) is 20.8. The Hall–Kier alpha value is -1.16. The molecule has 29 heavy (non-hydrogen) atoms. The van der Waals surface area contributed by atoms with E-state index in [0.29, 0.717) is 0 Å². The molecule has 0 spiro atoms. The Balaban J connectivity index is 0.00000140. The van der Waals surface area contributed by atoms with Crippen LogP contribution in [0, 0.1) is 0 Å². The van der Waals surface area contributed by atoms with Crippen LogP contribution in [0.25, 0.3) is 32.7 Å². The van der Waals surface area contributed by atoms with Crippen molar-refractivity contribution < 1.29 is 31.4 Å². The zero-order chi connectivity index (χ0) is 18.3. The van der Waals surface area contributed by atoms with Crippen LogP contribution in [-0.2, 0) is 20.4 Å². The van der Waals surface area contributed by atoms with Gasteiger partial charge in [0.15, 0.2) is 0 Å². The summed E-state index contributed by atoms with van der Waals surface area (Å²) in [6.45, 7) is 9.64. The van der Waals surface area contributed by atoms with Gasteiger partial charge >= 0.3 is 0 Å². The summed E-state index contributed by atoms with van der Waals surface area (Å²) in [4.78, 5) is 0. The molecule has 0 radical (unpaired) electrons. The maximum Gasteiger partial charge on any atom is 0.0994 e. The molecular formula is C24H30O2P2Pd+2. The maximum atomic E-state index is 2.41. The summed E-state index contributed by atoms with van der Waals surface area (Å²) in [6, 6.07) is 27.1. The van der Waals surface area contributed by atoms with Crippen LogP contribution in [0.3, 0.4) is 0 Å². The summed E-state index contributed by atoms with van der Waals surface area (Å²) in [5, 5.41) is 8.59. The minimum absolute atomic E-state index is 0. The summed E-state index contributed by atoms with van der Waals surface area (Å²) in [5.41, 5.74) is 2.97. The van der Waals surface area contributed by atoms with Gasteiger partial charge in [-0.1, -0.05) is 60.7 Å². The molecule has 0 bridgehead atoms. The molecular weight excluding hydrogens is 489 g/mol. The molecule has 5 heteroatoms. The van der Waals surface area contributed by atoms with Gasteiger partial charge in [0.05, 0.1) is 37.3 Å². The molecule has 156 valence electrons. The van der Waals surface area contributed by atoms with Crippen LogP contribution in [0.4, 0.5) is 0 Å². The van der Waals surface area contributed by atoms with E-state index >= 15 is 0 Å². The van der Waals surface area contributed by atoms with Crippen molar-refractivity contribution in [1.82, 2.24) is 0 Å². The zero-order valence-electron chi connectivity index (χ0n) is 17.2. The number of fused-ring (bicyclic) bond motifs is 2. The van der Waals surface area contributed by atoms with Crippen molar-refractivity contribution in [2.45, 2.75) is 0 Å². The fraction of sp³-hybridized carbons (Fsp3) is 0.167. The standard InChI is InChI=1S/C24H24P2.2H2O.Pd/c1-25(2)21-15-13-17-9-5-7-11-19(17)23(21)24-20-12-8-6-10-18(20)14-16-22(24)26(3)4;;;/h5-16H,1-4H3;2*1H2;/p+2. The van der Waals surface area contributed by atoms with Gasteiger partial charge in [0.1, 0.15) is 0 Å². The maximum absolute atomic E-state index is 2.41. The third kappa shape index (κ3) is 4.78. The molecule has 0 aliphatic heterocycles. The summed E-state index contributed by atoms with van der Waals surface area (Å²) < 4.78 is 0. The Bertz CT molecular complexity index is 1020. The predicted molar refractivity (Wildman–Crippen MR) is 134 cm³/mol. The van der Waals surface area contributed by atoms with Gasteiger partial charge in [-0.05, 0) is 33.7 Å². The number of hydrogen-bond donors (Lipinski definition) is 0. The van der Waals surface area contributed by atoms with Gasteiger partial charge in [0, 0.05) is 47.4 Å². The average Bonchev–Trinajstić information content (AvgIpc) is 2.66. The summed E-state index contributed by atoms with van der Waals surface area (Å²) in [5.74, 6) is 0. The second-order valence-corrected chi connectivity index (χ2v) is 12.5. The molecule has 4 N–H and O–H groups in total. The first kappa shape index (κ1) is 25.9. The molecule has 4 rings (SSSR count). The molecule has 0 saturated carbocycles. The fourth-order valence-electron chi connectivity index (χ4n) is 3.92. The van der Waals surface area contributed by atoms with Crippen LogP contribution in [-0.4, -0.2) is 37.6 Å². The molecule has 0 aliphatic carbocycles. The molecule has 0 atom stereocenters. The van der Waals surface area contributed by atoms with E-state index in [1.807, 2.05) is 0 Å². The fourth-order valence-corrected chi connectivity index (χ4v) is 6.27. The topological polar surface area (TPSA) is 63.0 Å². The van der Waals surface area contributed by atoms with Crippen LogP contribution < -0.4 is 10.6 Å². The van der Waals surface area contributed by atoms with Gasteiger partial charge in [-0.3, -0.25) is 0 Å². The Kier molecular flexibility index (Phi) is 9.59. The number of benzene rings is 4. The van der Waals surface area contributed by atoms with Gasteiger partial charge in [-0.25, -0.2) is 0 Å². The third-order valence-electron chi connectivity index (χ3n) is 5.19. The molecule has 0 saturated heterocycles. The van der Waals surface area contributed by atoms with E-state index in [-0.39, 0.29) is 31.4 Å². The second kappa shape index (κ2) is 10.7. The van der Waals surface area contributed by atoms with E-state index in [0.717, 1.165) is 0 Å². The molecule has 0 amide bonds. The van der Waals surface area contributed by atoms with Gasteiger partial charge in [-0.2, -0.15) is 0 Å². The van der Waals surface area contributed by atoms with Crippen LogP contribution >= 0.6 is 15.8 Å². The molecule has 0 aromatic heterocycles. The van der Waals surface area contributed by atoms with Crippen molar-refractivity contribution >= 4 is 48.0 Å². The first-order valence-corrected chi connectivity index (χ1v) is 14.2. The van der Waals surface area contributed by atoms with Crippen molar-refractivity contribution in [2.24, 2.45) is 0 Å². The first-order chi connectivity index (χ1) is 12.6. The van der Waals surface area contributed by atoms with Crippen LogP contribution in [0.2, 0.25) is 0 Å². The number of hydrogen-bond acceptors (Lipinski definition) is 0. The van der Waals surface area contributed by atoms with E-state index in [1.165, 1.54) is 32.7 Å². The smallest absolute Gasteiger partial charge is 0.0994 e. The molecule has 2 nitrogen and oxygen atoms in total. The van der Waals surface area contributed by atoms with E-state index in [2.05, 4.69) is 99.5 Å². The quantitative estimate of drug-likeness (QED) is 0.288. The van der Waals surface area contributed by atoms with Crippen molar-refractivity contribution in [1.29, 1.82) is 0 Å². The number of rotatable bonds is 3. The van der Waals surface area contributed by atoms with E-state index in [4.69, 9.17) is 0 Å². The minimum atomic E-state index is -0.578. The SMILES string of the molecule is C[PH+](C)c1ccc2ccccc2c1-c1c([PH+](C)C)ccc2ccccc12.O.O.[Pd].